The molecule has 114 heavy (non-hydrogen) atoms. The van der Waals surface area contributed by atoms with Gasteiger partial charge in [0.25, 0.3) is 0 Å². The molecule has 2 fully saturated rings. The van der Waals surface area contributed by atoms with E-state index in [-0.39, 0.29) is 30.7 Å². The lowest BCUT2D eigenvalue weighted by atomic mass is 9.71. The van der Waals surface area contributed by atoms with Crippen LogP contribution in [0.2, 0.25) is 0 Å². The molecule has 2 unspecified atom stereocenters. The van der Waals surface area contributed by atoms with Gasteiger partial charge < -0.3 is 25.2 Å². The molecule has 0 bridgehead atoms. The summed E-state index contributed by atoms with van der Waals surface area (Å²) >= 11 is 12.1. The van der Waals surface area contributed by atoms with Crippen LogP contribution in [0.1, 0.15) is 169 Å². The smallest absolute Gasteiger partial charge is 0.195 e. The SMILES string of the molecule is CC(C)(I)c1cc2c(cc1-c1cccc3c1sc1nc4ccccc4n13)C(C)(C)c1cc(-c3cccc4c3sc3nc5ccccc5n34)c(C(C)(C)Cc3ccc4c(c3)SC3Nc5c(-c6cc7c(cc6C6CCCC6)Oc6cc(C8CCCC8)c(-c8cccc9c8NC8Sc%10ccccc%10N98)cc6C7(C)C)cccc5N43)cc1S2. The molecule has 0 spiro atoms. The summed E-state index contributed by atoms with van der Waals surface area (Å²) in [6.07, 6.45) is 10.7. The number of halogens is 1. The molecule has 15 heteroatoms. The molecule has 2 N–H and O–H groups in total. The summed E-state index contributed by atoms with van der Waals surface area (Å²) < 4.78 is 14.5. The van der Waals surface area contributed by atoms with Crippen molar-refractivity contribution in [2.24, 2.45) is 0 Å². The topological polar surface area (TPSA) is 74.4 Å². The molecule has 0 radical (unpaired) electrons. The Kier molecular flexibility index (Phi) is 15.1. The first-order chi connectivity index (χ1) is 55.3. The second-order valence-electron chi connectivity index (χ2n) is 35.2. The standard InChI is InChI=1S/C99H83IN8OS5/c1-96(2,66-50-85-70(46-64(66)58-29-21-38-80-90(58)113-92-101-72-31-13-15-33-74(72)105(80)92)98(5,6)71-47-65(67(99(7,8)100)51-86(71)110-85)59-30-22-39-81-91(59)114-93-102-73-32-14-16-34-75(73)106(81)93)52-53-41-42-77-87(43-53)112-95-104-89-57(28-20-37-79(89)108(77)95)63-45-69-83(49-61(63)55-25-11-12-26-55)109-82-48-60(54-23-9-10-24-54)62(44-68(82)97(69,3)4)56-27-19-36-78-88(56)103-94-107(78)76-35-17-18-40-84(76)111-94/h13-22,27-51,54-55,94-95,103-104H,9-12,23-26,52H2,1-8H3. The number of nitrogens with zero attached hydrogens (tertiary/aromatic N) is 6. The van der Waals surface area contributed by atoms with Gasteiger partial charge in [-0.25, -0.2) is 9.97 Å². The van der Waals surface area contributed by atoms with Gasteiger partial charge in [-0.2, -0.15) is 0 Å². The largest absolute Gasteiger partial charge is 0.457 e. The molecule has 0 saturated heterocycles. The quantitative estimate of drug-likeness (QED) is 0.102. The number of alkyl halides is 1. The highest BCUT2D eigenvalue weighted by atomic mass is 127. The summed E-state index contributed by atoms with van der Waals surface area (Å²) in [5.41, 5.74) is 35.9. The van der Waals surface area contributed by atoms with Crippen molar-refractivity contribution in [3.63, 3.8) is 0 Å². The van der Waals surface area contributed by atoms with Crippen LogP contribution in [0.15, 0.2) is 232 Å². The number of hydrogen-bond acceptors (Lipinski definition) is 12. The van der Waals surface area contributed by atoms with E-state index in [1.807, 2.05) is 46.6 Å². The van der Waals surface area contributed by atoms with Crippen LogP contribution in [-0.4, -0.2) is 29.8 Å². The molecule has 2 atom stereocenters. The molecule has 16 aromatic rings. The molecule has 2 saturated carbocycles. The minimum Gasteiger partial charge on any atom is -0.457 e. The molecule has 8 aliphatic rings. The summed E-state index contributed by atoms with van der Waals surface area (Å²) in [5.74, 6) is 2.99. The molecule has 10 heterocycles. The zero-order valence-electron chi connectivity index (χ0n) is 64.9. The van der Waals surface area contributed by atoms with E-state index >= 15 is 0 Å². The first-order valence-electron chi connectivity index (χ1n) is 40.7. The number of ether oxygens (including phenoxy) is 1. The molecule has 9 nitrogen and oxygen atoms in total. The van der Waals surface area contributed by atoms with Crippen molar-refractivity contribution < 1.29 is 4.74 Å². The average molecular weight is 1690 g/mol. The van der Waals surface area contributed by atoms with Gasteiger partial charge in [-0.15, -0.1) is 0 Å². The lowest BCUT2D eigenvalue weighted by Gasteiger charge is -2.39. The highest BCUT2D eigenvalue weighted by Crippen LogP contribution is 2.63. The maximum Gasteiger partial charge on any atom is 0.195 e. The number of imidazole rings is 2. The predicted molar refractivity (Wildman–Crippen MR) is 489 cm³/mol. The first-order valence-corrected chi connectivity index (χ1v) is 45.9. The van der Waals surface area contributed by atoms with Gasteiger partial charge in [0.1, 0.15) is 11.5 Å². The molecule has 12 aromatic carbocycles. The van der Waals surface area contributed by atoms with E-state index in [0.29, 0.717) is 11.8 Å². The Bertz CT molecular complexity index is 6900. The summed E-state index contributed by atoms with van der Waals surface area (Å²) in [7, 11) is 0. The Hall–Kier alpha value is -9.20. The van der Waals surface area contributed by atoms with Gasteiger partial charge in [0.15, 0.2) is 20.9 Å². The Morgan fingerprint density at radius 3 is 1.43 bits per heavy atom. The van der Waals surface area contributed by atoms with Crippen molar-refractivity contribution in [3.8, 4) is 56.0 Å². The Morgan fingerprint density at radius 2 is 0.877 bits per heavy atom. The van der Waals surface area contributed by atoms with E-state index in [4.69, 9.17) is 14.7 Å². The highest BCUT2D eigenvalue weighted by molar-refractivity contribution is 14.1. The van der Waals surface area contributed by atoms with Gasteiger partial charge in [-0.1, -0.05) is 239 Å². The highest BCUT2D eigenvalue weighted by Gasteiger charge is 2.46. The van der Waals surface area contributed by atoms with Crippen molar-refractivity contribution in [1.29, 1.82) is 0 Å². The lowest BCUT2D eigenvalue weighted by Crippen LogP contribution is -2.27. The van der Waals surface area contributed by atoms with Crippen molar-refractivity contribution in [2.45, 2.75) is 175 Å². The van der Waals surface area contributed by atoms with Gasteiger partial charge in [0.2, 0.25) is 0 Å². The molecule has 562 valence electrons. The Labute approximate surface area is 698 Å². The maximum absolute atomic E-state index is 7.44. The van der Waals surface area contributed by atoms with E-state index in [1.54, 1.807) is 11.3 Å². The van der Waals surface area contributed by atoms with Crippen molar-refractivity contribution in [2.75, 3.05) is 20.4 Å². The monoisotopic (exact) mass is 1690 g/mol. The van der Waals surface area contributed by atoms with Crippen LogP contribution in [0.5, 0.6) is 11.5 Å². The number of nitrogens with one attached hydrogen (secondary N) is 2. The third kappa shape index (κ3) is 10.2. The number of thioether (sulfide) groups is 2. The number of thiazole rings is 2. The van der Waals surface area contributed by atoms with Crippen LogP contribution in [0.4, 0.5) is 34.1 Å². The van der Waals surface area contributed by atoms with Gasteiger partial charge in [0, 0.05) is 67.2 Å². The zero-order valence-corrected chi connectivity index (χ0v) is 71.1. The summed E-state index contributed by atoms with van der Waals surface area (Å²) in [6, 6.07) is 81.7. The summed E-state index contributed by atoms with van der Waals surface area (Å²) in [4.78, 5) is 22.9. The third-order valence-corrected chi connectivity index (χ3v) is 33.0. The van der Waals surface area contributed by atoms with Crippen molar-refractivity contribution >= 4 is 167 Å². The van der Waals surface area contributed by atoms with Crippen LogP contribution >= 0.6 is 80.6 Å². The number of anilines is 6. The molecular formula is C99H83IN8OS5. The van der Waals surface area contributed by atoms with E-state index in [1.165, 1.54) is 220 Å². The second kappa shape index (κ2) is 24.9. The van der Waals surface area contributed by atoms with Gasteiger partial charge in [0.05, 0.1) is 76.6 Å². The number of hydrogen-bond donors (Lipinski definition) is 2. The van der Waals surface area contributed by atoms with Gasteiger partial charge in [-0.05, 0) is 246 Å². The maximum atomic E-state index is 7.44. The minimum atomic E-state index is -0.359. The van der Waals surface area contributed by atoms with Gasteiger partial charge >= 0.3 is 0 Å². The number of fused-ring (bicyclic) bond motifs is 24. The zero-order chi connectivity index (χ0) is 76.3. The summed E-state index contributed by atoms with van der Waals surface area (Å²) in [5, 5.41) is 8.26. The van der Waals surface area contributed by atoms with Gasteiger partial charge in [-0.3, -0.25) is 8.80 Å². The number of aromatic nitrogens is 4. The third-order valence-electron chi connectivity index (χ3n) is 26.9. The molecule has 2 aliphatic carbocycles. The Morgan fingerprint density at radius 1 is 0.430 bits per heavy atom. The van der Waals surface area contributed by atoms with Crippen LogP contribution in [-0.2, 0) is 26.1 Å². The molecular weight excluding hydrogens is 1600 g/mol. The van der Waals surface area contributed by atoms with Crippen LogP contribution in [0, 0.1) is 0 Å². The molecule has 6 aliphatic heterocycles. The molecule has 4 aromatic heterocycles. The molecule has 24 rings (SSSR count). The lowest BCUT2D eigenvalue weighted by molar-refractivity contribution is 0.416. The van der Waals surface area contributed by atoms with Crippen LogP contribution < -0.4 is 25.2 Å². The molecule has 0 amide bonds. The first kappa shape index (κ1) is 69.1. The van der Waals surface area contributed by atoms with Crippen LogP contribution in [0.3, 0.4) is 0 Å². The number of benzene rings is 12. The van der Waals surface area contributed by atoms with E-state index in [2.05, 4.69) is 320 Å². The fourth-order valence-corrected chi connectivity index (χ4v) is 27.9. The van der Waals surface area contributed by atoms with E-state index in [0.717, 1.165) is 49.9 Å². The van der Waals surface area contributed by atoms with Crippen molar-refractivity contribution in [1.82, 2.24) is 18.8 Å². The average Bonchev–Trinajstić information content (AvgIpc) is 1.51. The predicted octanol–water partition coefficient (Wildman–Crippen LogP) is 29.0. The second-order valence-corrected chi connectivity index (χ2v) is 43.2. The minimum absolute atomic E-state index is 0.0114. The van der Waals surface area contributed by atoms with E-state index < -0.39 is 0 Å². The fraction of sp³-hybridized carbons (Fsp3) is 0.253. The summed E-state index contributed by atoms with van der Waals surface area (Å²) in [6.45, 7) is 19.6. The number of rotatable bonds is 10. The van der Waals surface area contributed by atoms with Crippen molar-refractivity contribution in [3.05, 3.63) is 262 Å². The van der Waals surface area contributed by atoms with E-state index in [9.17, 15) is 0 Å². The Balaban J connectivity index is 0.585. The van der Waals surface area contributed by atoms with Crippen LogP contribution in [0.25, 0.3) is 96.9 Å². The fourth-order valence-electron chi connectivity index (χ4n) is 21.2. The number of para-hydroxylation sites is 7. The normalized spacial score (nSPS) is 18.3.